The minimum atomic E-state index is 0.0601. The summed E-state index contributed by atoms with van der Waals surface area (Å²) in [5.41, 5.74) is 2.01. The topological polar surface area (TPSA) is 45.2 Å². The van der Waals surface area contributed by atoms with E-state index in [1.54, 1.807) is 6.20 Å². The van der Waals surface area contributed by atoms with Crippen molar-refractivity contribution in [3.63, 3.8) is 0 Å². The predicted molar refractivity (Wildman–Crippen MR) is 105 cm³/mol. The molecule has 1 N–H and O–H groups in total. The number of hydrogen-bond acceptors (Lipinski definition) is 3. The Morgan fingerprint density at radius 2 is 1.76 bits per heavy atom. The fraction of sp³-hybridized carbons (Fsp3) is 0.429. The van der Waals surface area contributed by atoms with Crippen molar-refractivity contribution >= 4 is 17.4 Å². The molecule has 1 amide bonds. The molecule has 0 aliphatic carbocycles. The van der Waals surface area contributed by atoms with Gasteiger partial charge in [-0.3, -0.25) is 4.79 Å². The standard InChI is InChI=1S/C21H29N3O/c1-5-18(6-2)21(25)23-19-12-13-20(22-14-19)24(16(3)4)15-17-10-8-7-9-11-17/h7-14,16,18H,5-6,15H2,1-4H3,(H,23,25). The molecule has 0 spiro atoms. The summed E-state index contributed by atoms with van der Waals surface area (Å²) in [6.07, 6.45) is 3.45. The number of anilines is 2. The zero-order valence-electron chi connectivity index (χ0n) is 15.7. The van der Waals surface area contributed by atoms with E-state index in [0.29, 0.717) is 6.04 Å². The maximum absolute atomic E-state index is 12.2. The number of aromatic nitrogens is 1. The van der Waals surface area contributed by atoms with E-state index < -0.39 is 0 Å². The molecule has 0 fully saturated rings. The first kappa shape index (κ1) is 19.0. The Balaban J connectivity index is 2.09. The van der Waals surface area contributed by atoms with Gasteiger partial charge in [0.25, 0.3) is 0 Å². The molecular weight excluding hydrogens is 310 g/mol. The summed E-state index contributed by atoms with van der Waals surface area (Å²) in [5, 5.41) is 2.97. The highest BCUT2D eigenvalue weighted by Crippen LogP contribution is 2.20. The molecular formula is C21H29N3O. The van der Waals surface area contributed by atoms with Crippen LogP contribution in [0.4, 0.5) is 11.5 Å². The van der Waals surface area contributed by atoms with Crippen LogP contribution in [0.3, 0.4) is 0 Å². The molecule has 1 aromatic heterocycles. The Kier molecular flexibility index (Phi) is 6.99. The van der Waals surface area contributed by atoms with Gasteiger partial charge in [0.15, 0.2) is 0 Å². The number of carbonyl (C=O) groups excluding carboxylic acids is 1. The number of nitrogens with zero attached hydrogens (tertiary/aromatic N) is 2. The number of carbonyl (C=O) groups is 1. The summed E-state index contributed by atoms with van der Waals surface area (Å²) in [6.45, 7) is 9.21. The van der Waals surface area contributed by atoms with E-state index in [4.69, 9.17) is 0 Å². The van der Waals surface area contributed by atoms with Gasteiger partial charge in [-0.2, -0.15) is 0 Å². The number of hydrogen-bond donors (Lipinski definition) is 1. The predicted octanol–water partition coefficient (Wildman–Crippen LogP) is 4.87. The summed E-state index contributed by atoms with van der Waals surface area (Å²) in [4.78, 5) is 19.0. The molecule has 0 unspecified atom stereocenters. The molecule has 0 saturated heterocycles. The van der Waals surface area contributed by atoms with Crippen molar-refractivity contribution in [1.82, 2.24) is 4.98 Å². The van der Waals surface area contributed by atoms with E-state index in [2.05, 4.69) is 53.3 Å². The lowest BCUT2D eigenvalue weighted by molar-refractivity contribution is -0.120. The minimum Gasteiger partial charge on any atom is -0.350 e. The van der Waals surface area contributed by atoms with Crippen molar-refractivity contribution in [3.8, 4) is 0 Å². The average molecular weight is 339 g/mol. The molecule has 1 aromatic carbocycles. The molecule has 4 heteroatoms. The fourth-order valence-corrected chi connectivity index (χ4v) is 2.84. The molecule has 0 aliphatic rings. The molecule has 1 heterocycles. The van der Waals surface area contributed by atoms with Gasteiger partial charge in [-0.05, 0) is 44.4 Å². The van der Waals surface area contributed by atoms with Crippen LogP contribution in [-0.2, 0) is 11.3 Å². The Morgan fingerprint density at radius 3 is 2.28 bits per heavy atom. The van der Waals surface area contributed by atoms with Crippen LogP contribution in [0, 0.1) is 5.92 Å². The van der Waals surface area contributed by atoms with Crippen molar-refractivity contribution in [2.75, 3.05) is 10.2 Å². The third-order valence-corrected chi connectivity index (χ3v) is 4.49. The Hall–Kier alpha value is -2.36. The smallest absolute Gasteiger partial charge is 0.227 e. The van der Waals surface area contributed by atoms with Crippen LogP contribution in [0.5, 0.6) is 0 Å². The summed E-state index contributed by atoms with van der Waals surface area (Å²) in [6, 6.07) is 14.6. The first-order valence-corrected chi connectivity index (χ1v) is 9.12. The first-order valence-electron chi connectivity index (χ1n) is 9.12. The van der Waals surface area contributed by atoms with Gasteiger partial charge in [0.1, 0.15) is 5.82 Å². The summed E-state index contributed by atoms with van der Waals surface area (Å²) in [7, 11) is 0. The minimum absolute atomic E-state index is 0.0601. The molecule has 0 radical (unpaired) electrons. The Bertz CT molecular complexity index is 649. The second-order valence-electron chi connectivity index (χ2n) is 6.61. The van der Waals surface area contributed by atoms with Crippen LogP contribution >= 0.6 is 0 Å². The Morgan fingerprint density at radius 1 is 1.08 bits per heavy atom. The number of nitrogens with one attached hydrogen (secondary N) is 1. The van der Waals surface area contributed by atoms with E-state index in [1.807, 2.05) is 32.0 Å². The van der Waals surface area contributed by atoms with E-state index in [0.717, 1.165) is 30.9 Å². The highest BCUT2D eigenvalue weighted by molar-refractivity contribution is 5.92. The van der Waals surface area contributed by atoms with E-state index in [1.165, 1.54) is 5.56 Å². The van der Waals surface area contributed by atoms with Gasteiger partial charge >= 0.3 is 0 Å². The van der Waals surface area contributed by atoms with Gasteiger partial charge < -0.3 is 10.2 Å². The van der Waals surface area contributed by atoms with Crippen molar-refractivity contribution in [3.05, 3.63) is 54.2 Å². The second-order valence-corrected chi connectivity index (χ2v) is 6.61. The normalized spacial score (nSPS) is 11.0. The molecule has 0 aliphatic heterocycles. The molecule has 0 saturated carbocycles. The van der Waals surface area contributed by atoms with Gasteiger partial charge in [-0.25, -0.2) is 4.98 Å². The van der Waals surface area contributed by atoms with Gasteiger partial charge in [0, 0.05) is 18.5 Å². The van der Waals surface area contributed by atoms with Crippen molar-refractivity contribution in [1.29, 1.82) is 0 Å². The summed E-state index contributed by atoms with van der Waals surface area (Å²) >= 11 is 0. The van der Waals surface area contributed by atoms with Gasteiger partial charge in [0.2, 0.25) is 5.91 Å². The van der Waals surface area contributed by atoms with Crippen LogP contribution in [0.1, 0.15) is 46.1 Å². The van der Waals surface area contributed by atoms with E-state index in [9.17, 15) is 4.79 Å². The van der Waals surface area contributed by atoms with Crippen LogP contribution in [0.2, 0.25) is 0 Å². The van der Waals surface area contributed by atoms with Crippen LogP contribution < -0.4 is 10.2 Å². The quantitative estimate of drug-likeness (QED) is 0.746. The molecule has 134 valence electrons. The average Bonchev–Trinajstić information content (AvgIpc) is 2.62. The lowest BCUT2D eigenvalue weighted by Crippen LogP contribution is -2.31. The molecule has 25 heavy (non-hydrogen) atoms. The molecule has 4 nitrogen and oxygen atoms in total. The SMILES string of the molecule is CCC(CC)C(=O)Nc1ccc(N(Cc2ccccc2)C(C)C)nc1. The lowest BCUT2D eigenvalue weighted by Gasteiger charge is -2.28. The molecule has 2 rings (SSSR count). The molecule has 0 bridgehead atoms. The van der Waals surface area contributed by atoms with E-state index >= 15 is 0 Å². The zero-order valence-corrected chi connectivity index (χ0v) is 15.7. The summed E-state index contributed by atoms with van der Waals surface area (Å²) in [5.74, 6) is 1.05. The molecule has 2 aromatic rings. The van der Waals surface area contributed by atoms with E-state index in [-0.39, 0.29) is 11.8 Å². The van der Waals surface area contributed by atoms with Crippen LogP contribution in [-0.4, -0.2) is 16.9 Å². The number of pyridine rings is 1. The number of benzene rings is 1. The van der Waals surface area contributed by atoms with Crippen molar-refractivity contribution < 1.29 is 4.79 Å². The Labute approximate surface area is 151 Å². The highest BCUT2D eigenvalue weighted by Gasteiger charge is 2.15. The highest BCUT2D eigenvalue weighted by atomic mass is 16.1. The van der Waals surface area contributed by atoms with Crippen LogP contribution in [0.15, 0.2) is 48.7 Å². The molecule has 0 atom stereocenters. The second kappa shape index (κ2) is 9.21. The van der Waals surface area contributed by atoms with Gasteiger partial charge in [-0.15, -0.1) is 0 Å². The largest absolute Gasteiger partial charge is 0.350 e. The first-order chi connectivity index (χ1) is 12.0. The maximum Gasteiger partial charge on any atom is 0.227 e. The van der Waals surface area contributed by atoms with Crippen LogP contribution in [0.25, 0.3) is 0 Å². The fourth-order valence-electron chi connectivity index (χ4n) is 2.84. The van der Waals surface area contributed by atoms with Gasteiger partial charge in [0.05, 0.1) is 11.9 Å². The third-order valence-electron chi connectivity index (χ3n) is 4.49. The zero-order chi connectivity index (χ0) is 18.2. The summed E-state index contributed by atoms with van der Waals surface area (Å²) < 4.78 is 0. The number of amides is 1. The van der Waals surface area contributed by atoms with Crippen molar-refractivity contribution in [2.45, 2.75) is 53.1 Å². The number of rotatable bonds is 8. The third kappa shape index (κ3) is 5.31. The monoisotopic (exact) mass is 339 g/mol. The van der Waals surface area contributed by atoms with Gasteiger partial charge in [-0.1, -0.05) is 44.2 Å². The maximum atomic E-state index is 12.2. The lowest BCUT2D eigenvalue weighted by atomic mass is 10.0. The van der Waals surface area contributed by atoms with Crippen molar-refractivity contribution in [2.24, 2.45) is 5.92 Å².